The van der Waals surface area contributed by atoms with E-state index in [1.165, 1.54) is 12.5 Å². The second-order valence-electron chi connectivity index (χ2n) is 4.97. The van der Waals surface area contributed by atoms with Crippen LogP contribution in [0.2, 0.25) is 0 Å². The molecular weight excluding hydrogens is 356 g/mol. The molecule has 0 bridgehead atoms. The van der Waals surface area contributed by atoms with Crippen molar-refractivity contribution in [3.05, 3.63) is 35.1 Å². The van der Waals surface area contributed by atoms with Crippen LogP contribution in [-0.4, -0.2) is 19.0 Å². The van der Waals surface area contributed by atoms with Crippen LogP contribution in [0.5, 0.6) is 0 Å². The molecule has 1 aliphatic carbocycles. The van der Waals surface area contributed by atoms with Gasteiger partial charge < -0.3 is 10.6 Å². The summed E-state index contributed by atoms with van der Waals surface area (Å²) < 4.78 is 13.1. The lowest BCUT2D eigenvalue weighted by Gasteiger charge is -2.12. The largest absolute Gasteiger partial charge is 0.353 e. The monoisotopic (exact) mass is 377 g/mol. The van der Waals surface area contributed by atoms with E-state index in [4.69, 9.17) is 0 Å². The molecule has 1 aliphatic rings. The molecule has 0 heterocycles. The lowest BCUT2D eigenvalue weighted by molar-refractivity contribution is 0.617. The normalized spacial score (nSPS) is 21.6. The molecule has 0 amide bonds. The van der Waals surface area contributed by atoms with E-state index in [1.807, 2.05) is 6.07 Å². The molecule has 3 nitrogen and oxygen atoms in total. The van der Waals surface area contributed by atoms with Crippen molar-refractivity contribution in [2.24, 2.45) is 10.9 Å². The maximum atomic E-state index is 13.1. The van der Waals surface area contributed by atoms with E-state index < -0.39 is 0 Å². The molecule has 0 spiro atoms. The summed E-state index contributed by atoms with van der Waals surface area (Å²) in [4.78, 5) is 4.18. The van der Waals surface area contributed by atoms with Gasteiger partial charge in [0.15, 0.2) is 5.96 Å². The third-order valence-electron chi connectivity index (χ3n) is 3.34. The van der Waals surface area contributed by atoms with E-state index in [1.54, 1.807) is 20.0 Å². The maximum absolute atomic E-state index is 13.1. The summed E-state index contributed by atoms with van der Waals surface area (Å²) in [7, 11) is 1.76. The first kappa shape index (κ1) is 16.2. The molecule has 0 saturated heterocycles. The zero-order chi connectivity index (χ0) is 13.1. The Balaban J connectivity index is 0.00000180. The SMILES string of the molecule is CN=C(NCc1ccc(F)c(C)c1)NC1CC1C.I. The van der Waals surface area contributed by atoms with Crippen LogP contribution in [0, 0.1) is 18.7 Å². The third kappa shape index (κ3) is 4.63. The highest BCUT2D eigenvalue weighted by Crippen LogP contribution is 2.28. The Morgan fingerprint density at radius 1 is 1.47 bits per heavy atom. The molecule has 2 N–H and O–H groups in total. The fraction of sp³-hybridized carbons (Fsp3) is 0.500. The Morgan fingerprint density at radius 2 is 2.16 bits per heavy atom. The molecule has 0 aliphatic heterocycles. The van der Waals surface area contributed by atoms with Gasteiger partial charge in [0.1, 0.15) is 5.82 Å². The van der Waals surface area contributed by atoms with Crippen LogP contribution in [-0.2, 0) is 6.54 Å². The summed E-state index contributed by atoms with van der Waals surface area (Å²) in [5.74, 6) is 1.39. The molecular formula is C14H21FIN3. The molecule has 1 saturated carbocycles. The Hall–Kier alpha value is -0.850. The molecule has 1 aromatic carbocycles. The Bertz CT molecular complexity index is 462. The summed E-state index contributed by atoms with van der Waals surface area (Å²) in [5.41, 5.74) is 1.73. The van der Waals surface area contributed by atoms with Gasteiger partial charge in [-0.2, -0.15) is 0 Å². The number of rotatable bonds is 3. The fourth-order valence-corrected chi connectivity index (χ4v) is 1.90. The summed E-state index contributed by atoms with van der Waals surface area (Å²) in [6, 6.07) is 5.70. The molecule has 2 rings (SSSR count). The van der Waals surface area contributed by atoms with Gasteiger partial charge in [-0.05, 0) is 36.5 Å². The number of aliphatic imine (C=N–C) groups is 1. The van der Waals surface area contributed by atoms with Crippen molar-refractivity contribution >= 4 is 29.9 Å². The van der Waals surface area contributed by atoms with Gasteiger partial charge in [0.25, 0.3) is 0 Å². The second kappa shape index (κ2) is 7.07. The van der Waals surface area contributed by atoms with Crippen molar-refractivity contribution in [1.29, 1.82) is 0 Å². The second-order valence-corrected chi connectivity index (χ2v) is 4.97. The molecule has 0 aromatic heterocycles. The number of benzene rings is 1. The van der Waals surface area contributed by atoms with Crippen molar-refractivity contribution in [2.75, 3.05) is 7.05 Å². The van der Waals surface area contributed by atoms with Crippen LogP contribution in [0.15, 0.2) is 23.2 Å². The zero-order valence-electron chi connectivity index (χ0n) is 11.5. The maximum Gasteiger partial charge on any atom is 0.191 e. The predicted molar refractivity (Wildman–Crippen MR) is 87.5 cm³/mol. The molecule has 106 valence electrons. The highest BCUT2D eigenvalue weighted by atomic mass is 127. The molecule has 2 atom stereocenters. The standard InChI is InChI=1S/C14H20FN3.HI/c1-9-6-11(4-5-12(9)15)8-17-14(16-3)18-13-7-10(13)2;/h4-6,10,13H,7-8H2,1-3H3,(H2,16,17,18);1H. The molecule has 0 radical (unpaired) electrons. The molecule has 2 unspecified atom stereocenters. The van der Waals surface area contributed by atoms with Crippen molar-refractivity contribution in [3.8, 4) is 0 Å². The van der Waals surface area contributed by atoms with Crippen LogP contribution in [0.4, 0.5) is 4.39 Å². The van der Waals surface area contributed by atoms with Gasteiger partial charge in [0.05, 0.1) is 0 Å². The van der Waals surface area contributed by atoms with Gasteiger partial charge in [-0.3, -0.25) is 4.99 Å². The highest BCUT2D eigenvalue weighted by Gasteiger charge is 2.33. The molecule has 5 heteroatoms. The third-order valence-corrected chi connectivity index (χ3v) is 3.34. The van der Waals surface area contributed by atoms with Gasteiger partial charge in [-0.25, -0.2) is 4.39 Å². The van der Waals surface area contributed by atoms with E-state index in [0.717, 1.165) is 17.4 Å². The summed E-state index contributed by atoms with van der Waals surface area (Å²) >= 11 is 0. The average molecular weight is 377 g/mol. The number of halogens is 2. The summed E-state index contributed by atoms with van der Waals surface area (Å²) in [6.07, 6.45) is 1.20. The van der Waals surface area contributed by atoms with Gasteiger partial charge in [0, 0.05) is 19.6 Å². The van der Waals surface area contributed by atoms with Gasteiger partial charge in [-0.1, -0.05) is 19.1 Å². The zero-order valence-corrected chi connectivity index (χ0v) is 13.9. The van der Waals surface area contributed by atoms with E-state index in [2.05, 4.69) is 22.5 Å². The quantitative estimate of drug-likeness (QED) is 0.483. The van der Waals surface area contributed by atoms with Crippen molar-refractivity contribution in [2.45, 2.75) is 32.9 Å². The van der Waals surface area contributed by atoms with Crippen LogP contribution in [0.3, 0.4) is 0 Å². The Labute approximate surface area is 131 Å². The number of guanidine groups is 1. The minimum atomic E-state index is -0.159. The number of hydrogen-bond acceptors (Lipinski definition) is 1. The van der Waals surface area contributed by atoms with Crippen LogP contribution >= 0.6 is 24.0 Å². The van der Waals surface area contributed by atoms with Crippen molar-refractivity contribution < 1.29 is 4.39 Å². The molecule has 1 aromatic rings. The topological polar surface area (TPSA) is 36.4 Å². The van der Waals surface area contributed by atoms with E-state index in [0.29, 0.717) is 18.2 Å². The first-order valence-corrected chi connectivity index (χ1v) is 6.32. The lowest BCUT2D eigenvalue weighted by Crippen LogP contribution is -2.38. The predicted octanol–water partition coefficient (Wildman–Crippen LogP) is 2.83. The van der Waals surface area contributed by atoms with Gasteiger partial charge >= 0.3 is 0 Å². The number of aryl methyl sites for hydroxylation is 1. The number of hydrogen-bond donors (Lipinski definition) is 2. The number of nitrogens with one attached hydrogen (secondary N) is 2. The van der Waals surface area contributed by atoms with Crippen LogP contribution in [0.1, 0.15) is 24.5 Å². The average Bonchev–Trinajstić information content (AvgIpc) is 3.04. The van der Waals surface area contributed by atoms with Crippen LogP contribution < -0.4 is 10.6 Å². The van der Waals surface area contributed by atoms with E-state index in [-0.39, 0.29) is 29.8 Å². The first-order chi connectivity index (χ1) is 8.60. The molecule has 1 fully saturated rings. The highest BCUT2D eigenvalue weighted by molar-refractivity contribution is 14.0. The molecule has 19 heavy (non-hydrogen) atoms. The van der Waals surface area contributed by atoms with Crippen LogP contribution in [0.25, 0.3) is 0 Å². The number of nitrogens with zero attached hydrogens (tertiary/aromatic N) is 1. The van der Waals surface area contributed by atoms with E-state index in [9.17, 15) is 4.39 Å². The fourth-order valence-electron chi connectivity index (χ4n) is 1.90. The Kier molecular flexibility index (Phi) is 6.03. The first-order valence-electron chi connectivity index (χ1n) is 6.32. The van der Waals surface area contributed by atoms with E-state index >= 15 is 0 Å². The minimum absolute atomic E-state index is 0. The van der Waals surface area contributed by atoms with Gasteiger partial charge in [-0.15, -0.1) is 24.0 Å². The Morgan fingerprint density at radius 3 is 2.68 bits per heavy atom. The van der Waals surface area contributed by atoms with Crippen molar-refractivity contribution in [3.63, 3.8) is 0 Å². The minimum Gasteiger partial charge on any atom is -0.353 e. The van der Waals surface area contributed by atoms with Crippen molar-refractivity contribution in [1.82, 2.24) is 10.6 Å². The summed E-state index contributed by atoms with van der Waals surface area (Å²) in [6.45, 7) is 4.65. The van der Waals surface area contributed by atoms with Gasteiger partial charge in [0.2, 0.25) is 0 Å². The lowest BCUT2D eigenvalue weighted by atomic mass is 10.1. The smallest absolute Gasteiger partial charge is 0.191 e. The summed E-state index contributed by atoms with van der Waals surface area (Å²) in [5, 5.41) is 6.59.